The zero-order valence-corrected chi connectivity index (χ0v) is 13.1. The molecule has 0 saturated carbocycles. The average molecular weight is 274 g/mol. The van der Waals surface area contributed by atoms with E-state index in [1.165, 1.54) is 6.08 Å². The average Bonchev–Trinajstić information content (AvgIpc) is 2.26. The predicted molar refractivity (Wildman–Crippen MR) is 74.8 cm³/mol. The van der Waals surface area contributed by atoms with Gasteiger partial charge in [-0.1, -0.05) is 6.58 Å². The third kappa shape index (κ3) is 10.5. The molecule has 0 aliphatic carbocycles. The largest absolute Gasteiger partial charge is 0.463 e. The molecule has 106 valence electrons. The van der Waals surface area contributed by atoms with E-state index < -0.39 is 9.28 Å². The van der Waals surface area contributed by atoms with Crippen LogP contribution in [0, 0.1) is 0 Å². The molecule has 0 aliphatic rings. The van der Waals surface area contributed by atoms with Gasteiger partial charge in [0, 0.05) is 18.3 Å². The van der Waals surface area contributed by atoms with Crippen LogP contribution >= 0.6 is 0 Å². The third-order valence-electron chi connectivity index (χ3n) is 2.09. The quantitative estimate of drug-likeness (QED) is 0.266. The molecule has 0 bridgehead atoms. The second-order valence-corrected chi connectivity index (χ2v) is 6.65. The molecule has 0 saturated heterocycles. The Morgan fingerprint density at radius 2 is 1.72 bits per heavy atom. The van der Waals surface area contributed by atoms with Gasteiger partial charge in [-0.2, -0.15) is 0 Å². The predicted octanol–water partition coefficient (Wildman–Crippen LogP) is 2.57. The van der Waals surface area contributed by atoms with Crippen molar-refractivity contribution < 1.29 is 18.4 Å². The van der Waals surface area contributed by atoms with Crippen molar-refractivity contribution in [2.45, 2.75) is 58.8 Å². The van der Waals surface area contributed by atoms with Gasteiger partial charge >= 0.3 is 15.3 Å². The van der Waals surface area contributed by atoms with Gasteiger partial charge in [0.15, 0.2) is 0 Å². The summed E-state index contributed by atoms with van der Waals surface area (Å²) in [4.78, 5) is 10.8. The van der Waals surface area contributed by atoms with Crippen LogP contribution in [0.4, 0.5) is 0 Å². The number of carbonyl (C=O) groups is 1. The molecule has 0 atom stereocenters. The second kappa shape index (κ2) is 10.3. The minimum Gasteiger partial charge on any atom is -0.463 e. The van der Waals surface area contributed by atoms with Crippen molar-refractivity contribution in [3.63, 3.8) is 0 Å². The fourth-order valence-electron chi connectivity index (χ4n) is 1.42. The molecule has 0 aromatic carbocycles. The van der Waals surface area contributed by atoms with Crippen LogP contribution in [-0.2, 0) is 18.4 Å². The molecule has 0 radical (unpaired) electrons. The Kier molecular flexibility index (Phi) is 9.91. The van der Waals surface area contributed by atoms with Crippen LogP contribution in [0.15, 0.2) is 12.7 Å². The number of hydrogen-bond donors (Lipinski definition) is 0. The van der Waals surface area contributed by atoms with Crippen LogP contribution in [0.2, 0.25) is 6.04 Å². The lowest BCUT2D eigenvalue weighted by molar-refractivity contribution is -0.137. The Morgan fingerprint density at radius 3 is 2.17 bits per heavy atom. The Labute approximate surface area is 112 Å². The normalized spacial score (nSPS) is 11.3. The van der Waals surface area contributed by atoms with Gasteiger partial charge in [0.2, 0.25) is 0 Å². The van der Waals surface area contributed by atoms with Gasteiger partial charge < -0.3 is 13.6 Å². The fraction of sp³-hybridized carbons (Fsp3) is 0.769. The van der Waals surface area contributed by atoms with Crippen LogP contribution in [0.1, 0.15) is 40.5 Å². The highest BCUT2D eigenvalue weighted by molar-refractivity contribution is 6.44. The van der Waals surface area contributed by atoms with Gasteiger partial charge in [0.05, 0.1) is 6.61 Å². The molecule has 0 aromatic rings. The lowest BCUT2D eigenvalue weighted by atomic mass is 10.4. The highest BCUT2D eigenvalue weighted by atomic mass is 28.3. The molecular formula is C13H26O4Si. The Bertz CT molecular complexity index is 231. The fourth-order valence-corrected chi connectivity index (χ4v) is 3.59. The molecule has 0 aromatic heterocycles. The Hall–Kier alpha value is -0.653. The molecule has 5 heteroatoms. The van der Waals surface area contributed by atoms with Gasteiger partial charge in [0.25, 0.3) is 0 Å². The van der Waals surface area contributed by atoms with E-state index in [1.54, 1.807) is 0 Å². The van der Waals surface area contributed by atoms with Crippen LogP contribution in [0.25, 0.3) is 0 Å². The first-order valence-electron chi connectivity index (χ1n) is 6.55. The molecule has 0 amide bonds. The number of esters is 1. The van der Waals surface area contributed by atoms with E-state index in [-0.39, 0.29) is 18.2 Å². The van der Waals surface area contributed by atoms with Gasteiger partial charge in [-0.05, 0) is 46.6 Å². The molecule has 0 spiro atoms. The topological polar surface area (TPSA) is 44.8 Å². The SMILES string of the molecule is C=CC(=O)OCCCC[SiH](OC(C)C)OC(C)C. The lowest BCUT2D eigenvalue weighted by Gasteiger charge is -2.21. The zero-order valence-electron chi connectivity index (χ0n) is 12.0. The summed E-state index contributed by atoms with van der Waals surface area (Å²) in [6.07, 6.45) is 3.40. The summed E-state index contributed by atoms with van der Waals surface area (Å²) in [5.41, 5.74) is 0. The summed E-state index contributed by atoms with van der Waals surface area (Å²) in [7, 11) is -1.58. The van der Waals surface area contributed by atoms with Gasteiger partial charge in [-0.3, -0.25) is 0 Å². The number of ether oxygens (including phenoxy) is 1. The summed E-state index contributed by atoms with van der Waals surface area (Å²) >= 11 is 0. The highest BCUT2D eigenvalue weighted by Crippen LogP contribution is 2.09. The van der Waals surface area contributed by atoms with E-state index in [1.807, 2.05) is 27.7 Å². The second-order valence-electron chi connectivity index (χ2n) is 4.67. The van der Waals surface area contributed by atoms with Crippen LogP contribution < -0.4 is 0 Å². The molecule has 0 fully saturated rings. The van der Waals surface area contributed by atoms with Crippen LogP contribution in [0.5, 0.6) is 0 Å². The van der Waals surface area contributed by atoms with Gasteiger partial charge in [0.1, 0.15) is 0 Å². The van der Waals surface area contributed by atoms with Crippen molar-refractivity contribution in [2.75, 3.05) is 6.61 Å². The number of hydrogen-bond acceptors (Lipinski definition) is 4. The zero-order chi connectivity index (χ0) is 14.0. The van der Waals surface area contributed by atoms with Gasteiger partial charge in [-0.25, -0.2) is 4.79 Å². The third-order valence-corrected chi connectivity index (χ3v) is 4.67. The standard InChI is InChI=1S/C13H26O4Si/c1-6-13(14)15-9-7-8-10-18(16-11(2)3)17-12(4)5/h6,11-12,18H,1,7-10H2,2-5H3. The molecule has 4 nitrogen and oxygen atoms in total. The molecule has 0 heterocycles. The smallest absolute Gasteiger partial charge is 0.330 e. The Balaban J connectivity index is 3.74. The summed E-state index contributed by atoms with van der Waals surface area (Å²) in [6.45, 7) is 11.9. The van der Waals surface area contributed by atoms with Gasteiger partial charge in [-0.15, -0.1) is 0 Å². The maximum atomic E-state index is 10.8. The highest BCUT2D eigenvalue weighted by Gasteiger charge is 2.16. The summed E-state index contributed by atoms with van der Waals surface area (Å²) in [5, 5.41) is 0. The van der Waals surface area contributed by atoms with Crippen molar-refractivity contribution >= 4 is 15.3 Å². The van der Waals surface area contributed by atoms with E-state index in [9.17, 15) is 4.79 Å². The van der Waals surface area contributed by atoms with Crippen molar-refractivity contribution in [1.29, 1.82) is 0 Å². The lowest BCUT2D eigenvalue weighted by Crippen LogP contribution is -2.29. The molecule has 0 rings (SSSR count). The summed E-state index contributed by atoms with van der Waals surface area (Å²) in [5.74, 6) is -0.361. The van der Waals surface area contributed by atoms with E-state index in [0.29, 0.717) is 6.61 Å². The van der Waals surface area contributed by atoms with Crippen molar-refractivity contribution in [3.8, 4) is 0 Å². The molecule has 0 unspecified atom stereocenters. The minimum atomic E-state index is -1.58. The number of unbranched alkanes of at least 4 members (excludes halogenated alkanes) is 1. The monoisotopic (exact) mass is 274 g/mol. The molecule has 0 aliphatic heterocycles. The minimum absolute atomic E-state index is 0.207. The maximum absolute atomic E-state index is 10.8. The van der Waals surface area contributed by atoms with Crippen molar-refractivity contribution in [3.05, 3.63) is 12.7 Å². The number of rotatable bonds is 10. The van der Waals surface area contributed by atoms with E-state index >= 15 is 0 Å². The maximum Gasteiger partial charge on any atom is 0.330 e. The molecule has 18 heavy (non-hydrogen) atoms. The van der Waals surface area contributed by atoms with Crippen LogP contribution in [0.3, 0.4) is 0 Å². The summed E-state index contributed by atoms with van der Waals surface area (Å²) < 4.78 is 16.5. The first kappa shape index (κ1) is 17.3. The first-order chi connectivity index (χ1) is 8.45. The van der Waals surface area contributed by atoms with E-state index in [2.05, 4.69) is 6.58 Å². The van der Waals surface area contributed by atoms with Crippen molar-refractivity contribution in [1.82, 2.24) is 0 Å². The van der Waals surface area contributed by atoms with Crippen LogP contribution in [-0.4, -0.2) is 34.1 Å². The van der Waals surface area contributed by atoms with E-state index in [0.717, 1.165) is 18.9 Å². The van der Waals surface area contributed by atoms with E-state index in [4.69, 9.17) is 13.6 Å². The first-order valence-corrected chi connectivity index (χ1v) is 8.31. The molecule has 0 N–H and O–H groups in total. The molecular weight excluding hydrogens is 248 g/mol. The van der Waals surface area contributed by atoms with Crippen molar-refractivity contribution in [2.24, 2.45) is 0 Å². The summed E-state index contributed by atoms with van der Waals surface area (Å²) in [6, 6.07) is 0.946. The number of carbonyl (C=O) groups excluding carboxylic acids is 1. The Morgan fingerprint density at radius 1 is 1.17 bits per heavy atom.